The lowest BCUT2D eigenvalue weighted by Gasteiger charge is -2.12. The number of ether oxygens (including phenoxy) is 2. The molecule has 0 radical (unpaired) electrons. The van der Waals surface area contributed by atoms with Crippen molar-refractivity contribution in [1.29, 1.82) is 0 Å². The Kier molecular flexibility index (Phi) is 11.3. The van der Waals surface area contributed by atoms with Crippen molar-refractivity contribution in [2.24, 2.45) is 0 Å². The van der Waals surface area contributed by atoms with Gasteiger partial charge in [-0.3, -0.25) is 25.2 Å². The molecule has 2 aromatic rings. The van der Waals surface area contributed by atoms with Gasteiger partial charge in [0.2, 0.25) is 5.91 Å². The molecule has 2 amide bonds. The van der Waals surface area contributed by atoms with Crippen molar-refractivity contribution < 1.29 is 23.9 Å². The maximum Gasteiger partial charge on any atom is 0.306 e. The zero-order chi connectivity index (χ0) is 24.1. The van der Waals surface area contributed by atoms with E-state index >= 15 is 0 Å². The van der Waals surface area contributed by atoms with Crippen LogP contribution in [-0.4, -0.2) is 36.1 Å². The quantitative estimate of drug-likeness (QED) is 0.186. The summed E-state index contributed by atoms with van der Waals surface area (Å²) in [5, 5.41) is 2.29. The molecule has 176 valence electrons. The highest BCUT2D eigenvalue weighted by Crippen LogP contribution is 2.21. The summed E-state index contributed by atoms with van der Waals surface area (Å²) in [6, 6.07) is 15.3. The van der Waals surface area contributed by atoms with Crippen molar-refractivity contribution in [3.8, 4) is 5.75 Å². The van der Waals surface area contributed by atoms with Crippen LogP contribution in [0, 0.1) is 6.92 Å². The number of hydrogen-bond acceptors (Lipinski definition) is 6. The van der Waals surface area contributed by atoms with Crippen molar-refractivity contribution in [1.82, 2.24) is 16.2 Å². The van der Waals surface area contributed by atoms with Crippen LogP contribution >= 0.6 is 28.1 Å². The molecule has 10 heteroatoms. The summed E-state index contributed by atoms with van der Waals surface area (Å²) in [6.45, 7) is 1.97. The van der Waals surface area contributed by atoms with Crippen LogP contribution in [0.3, 0.4) is 0 Å². The largest absolute Gasteiger partial charge is 0.484 e. The van der Waals surface area contributed by atoms with E-state index in [1.54, 1.807) is 12.1 Å². The molecule has 33 heavy (non-hydrogen) atoms. The van der Waals surface area contributed by atoms with Gasteiger partial charge in [-0.2, -0.15) is 0 Å². The summed E-state index contributed by atoms with van der Waals surface area (Å²) in [7, 11) is 0. The number of hydrogen-bond donors (Lipinski definition) is 3. The minimum absolute atomic E-state index is 0.0629. The Balaban J connectivity index is 1.54. The molecule has 8 nitrogen and oxygen atoms in total. The number of aryl methyl sites for hydroxylation is 2. The number of carbonyl (C=O) groups excluding carboxylic acids is 3. The number of carbonyl (C=O) groups is 3. The van der Waals surface area contributed by atoms with Crippen LogP contribution in [0.25, 0.3) is 0 Å². The third-order valence-electron chi connectivity index (χ3n) is 4.34. The van der Waals surface area contributed by atoms with Crippen LogP contribution in [-0.2, 0) is 25.5 Å². The Bertz CT molecular complexity index is 972. The standard InChI is InChI=1S/C23H26BrN3O5S/c1-16-14-18(9-10-19(16)24)32-15-21(29)26-27-23(33)25-20(28)11-12-22(30)31-13-5-8-17-6-3-2-4-7-17/h2-4,6-7,9-10,14H,5,8,11-13,15H2,1H3,(H,26,29)(H2,25,27,28,33). The van der Waals surface area contributed by atoms with Crippen LogP contribution in [0.5, 0.6) is 5.75 Å². The fraction of sp³-hybridized carbons (Fsp3) is 0.304. The van der Waals surface area contributed by atoms with Crippen molar-refractivity contribution in [2.45, 2.75) is 32.6 Å². The van der Waals surface area contributed by atoms with Crippen molar-refractivity contribution in [3.05, 3.63) is 64.1 Å². The second kappa shape index (κ2) is 14.2. The average Bonchev–Trinajstić information content (AvgIpc) is 2.80. The van der Waals surface area contributed by atoms with Gasteiger partial charge >= 0.3 is 5.97 Å². The van der Waals surface area contributed by atoms with Gasteiger partial charge in [-0.15, -0.1) is 0 Å². The first-order valence-electron chi connectivity index (χ1n) is 10.3. The fourth-order valence-electron chi connectivity index (χ4n) is 2.63. The van der Waals surface area contributed by atoms with Gasteiger partial charge in [-0.25, -0.2) is 0 Å². The van der Waals surface area contributed by atoms with Gasteiger partial charge in [0, 0.05) is 10.9 Å². The van der Waals surface area contributed by atoms with E-state index in [1.807, 2.05) is 43.3 Å². The van der Waals surface area contributed by atoms with Crippen LogP contribution in [0.4, 0.5) is 0 Å². The highest BCUT2D eigenvalue weighted by Gasteiger charge is 2.10. The molecule has 2 aromatic carbocycles. The van der Waals surface area contributed by atoms with Crippen molar-refractivity contribution in [2.75, 3.05) is 13.2 Å². The van der Waals surface area contributed by atoms with Crippen molar-refractivity contribution >= 4 is 51.0 Å². The normalized spacial score (nSPS) is 10.1. The van der Waals surface area contributed by atoms with Crippen LogP contribution in [0.2, 0.25) is 0 Å². The van der Waals surface area contributed by atoms with E-state index in [4.69, 9.17) is 21.7 Å². The maximum atomic E-state index is 11.9. The molecule has 0 aromatic heterocycles. The smallest absolute Gasteiger partial charge is 0.306 e. The molecule has 2 rings (SSSR count). The predicted octanol–water partition coefficient (Wildman–Crippen LogP) is 3.11. The first-order valence-corrected chi connectivity index (χ1v) is 11.5. The van der Waals surface area contributed by atoms with E-state index in [1.165, 1.54) is 5.56 Å². The molecule has 0 spiro atoms. The average molecular weight is 536 g/mol. The van der Waals surface area contributed by atoms with E-state index in [2.05, 4.69) is 32.1 Å². The van der Waals surface area contributed by atoms with Gasteiger partial charge in [0.05, 0.1) is 13.0 Å². The SMILES string of the molecule is Cc1cc(OCC(=O)NNC(=S)NC(=O)CCC(=O)OCCCc2ccccc2)ccc1Br. The number of thiocarbonyl (C=S) groups is 1. The van der Waals surface area contributed by atoms with Crippen LogP contribution < -0.4 is 20.9 Å². The third-order valence-corrected chi connectivity index (χ3v) is 5.43. The Morgan fingerprint density at radius 2 is 1.76 bits per heavy atom. The lowest BCUT2D eigenvalue weighted by atomic mass is 10.1. The summed E-state index contributed by atoms with van der Waals surface area (Å²) in [5.74, 6) is -0.852. The van der Waals surface area contributed by atoms with Crippen LogP contribution in [0.15, 0.2) is 53.0 Å². The Morgan fingerprint density at radius 3 is 2.48 bits per heavy atom. The molecule has 0 bridgehead atoms. The monoisotopic (exact) mass is 535 g/mol. The number of esters is 1. The highest BCUT2D eigenvalue weighted by atomic mass is 79.9. The minimum atomic E-state index is -0.480. The van der Waals surface area contributed by atoms with Gasteiger partial charge in [-0.1, -0.05) is 46.3 Å². The van der Waals surface area contributed by atoms with Gasteiger partial charge in [0.1, 0.15) is 5.75 Å². The van der Waals surface area contributed by atoms with E-state index in [0.29, 0.717) is 18.8 Å². The van der Waals surface area contributed by atoms with Gasteiger partial charge in [-0.05, 0) is 61.3 Å². The van der Waals surface area contributed by atoms with Gasteiger partial charge in [0.25, 0.3) is 5.91 Å². The molecule has 0 fully saturated rings. The number of rotatable bonds is 10. The maximum absolute atomic E-state index is 11.9. The summed E-state index contributed by atoms with van der Waals surface area (Å²) in [6.07, 6.45) is 1.38. The molecule has 0 atom stereocenters. The molecule has 0 aliphatic heterocycles. The second-order valence-corrected chi connectivity index (χ2v) is 8.32. The van der Waals surface area contributed by atoms with Crippen LogP contribution in [0.1, 0.15) is 30.4 Å². The summed E-state index contributed by atoms with van der Waals surface area (Å²) < 4.78 is 11.5. The number of amides is 2. The van der Waals surface area contributed by atoms with Crippen molar-refractivity contribution in [3.63, 3.8) is 0 Å². The lowest BCUT2D eigenvalue weighted by molar-refractivity contribution is -0.145. The zero-order valence-corrected chi connectivity index (χ0v) is 20.6. The molecule has 0 saturated heterocycles. The molecular formula is C23H26BrN3O5S. The van der Waals surface area contributed by atoms with E-state index in [-0.39, 0.29) is 24.6 Å². The third kappa shape index (κ3) is 10.9. The summed E-state index contributed by atoms with van der Waals surface area (Å²) >= 11 is 8.34. The number of nitrogens with one attached hydrogen (secondary N) is 3. The summed E-state index contributed by atoms with van der Waals surface area (Å²) in [4.78, 5) is 35.5. The van der Waals surface area contributed by atoms with E-state index < -0.39 is 17.8 Å². The molecular weight excluding hydrogens is 510 g/mol. The first kappa shape index (κ1) is 26.3. The van der Waals surface area contributed by atoms with Gasteiger partial charge < -0.3 is 14.8 Å². The molecule has 0 aliphatic carbocycles. The fourth-order valence-corrected chi connectivity index (χ4v) is 3.05. The molecule has 0 aliphatic rings. The van der Waals surface area contributed by atoms with Gasteiger partial charge in [0.15, 0.2) is 11.7 Å². The first-order chi connectivity index (χ1) is 15.8. The Morgan fingerprint density at radius 1 is 1.00 bits per heavy atom. The zero-order valence-electron chi connectivity index (χ0n) is 18.2. The molecule has 3 N–H and O–H groups in total. The Hall–Kier alpha value is -2.98. The Labute approximate surface area is 206 Å². The number of benzene rings is 2. The highest BCUT2D eigenvalue weighted by molar-refractivity contribution is 9.10. The molecule has 0 heterocycles. The number of halogens is 1. The molecule has 0 saturated carbocycles. The topological polar surface area (TPSA) is 106 Å². The van der Waals surface area contributed by atoms with E-state index in [0.717, 1.165) is 16.5 Å². The van der Waals surface area contributed by atoms with E-state index in [9.17, 15) is 14.4 Å². The lowest BCUT2D eigenvalue weighted by Crippen LogP contribution is -2.49. The second-order valence-electron chi connectivity index (χ2n) is 7.06. The summed E-state index contributed by atoms with van der Waals surface area (Å²) in [5.41, 5.74) is 6.89. The number of hydrazine groups is 1. The predicted molar refractivity (Wildman–Crippen MR) is 131 cm³/mol. The molecule has 0 unspecified atom stereocenters. The minimum Gasteiger partial charge on any atom is -0.484 e.